The maximum Gasteiger partial charge on any atom is 0.344 e. The number of ether oxygens (including phenoxy) is 2. The van der Waals surface area contributed by atoms with Gasteiger partial charge in [-0.2, -0.15) is 0 Å². The van der Waals surface area contributed by atoms with Crippen LogP contribution in [-0.4, -0.2) is 28.6 Å². The van der Waals surface area contributed by atoms with Gasteiger partial charge in [-0.1, -0.05) is 65.6 Å². The number of rotatable bonds is 8. The average Bonchev–Trinajstić information content (AvgIpc) is 3.10. The Kier molecular flexibility index (Phi) is 9.69. The van der Waals surface area contributed by atoms with E-state index in [-0.39, 0.29) is 41.9 Å². The molecule has 10 heteroatoms. The third-order valence-electron chi connectivity index (χ3n) is 4.69. The van der Waals surface area contributed by atoms with Crippen molar-refractivity contribution in [2.45, 2.75) is 33.3 Å². The fourth-order valence-corrected chi connectivity index (χ4v) is 4.64. The van der Waals surface area contributed by atoms with Crippen LogP contribution in [0.5, 0.6) is 5.75 Å². The SMILES string of the molecule is CCCC(=O)N=C1S/C(=C\c2ccc(OCc3ccc(Cl)c(Cl)c3)c(Cl)c2)C(O)=C1C(=O)OCC. The first-order chi connectivity index (χ1) is 16.7. The van der Waals surface area contributed by atoms with Crippen LogP contribution in [0.1, 0.15) is 37.8 Å². The van der Waals surface area contributed by atoms with E-state index in [4.69, 9.17) is 44.3 Å². The van der Waals surface area contributed by atoms with E-state index < -0.39 is 5.97 Å². The highest BCUT2D eigenvalue weighted by Crippen LogP contribution is 2.40. The Morgan fingerprint density at radius 3 is 2.49 bits per heavy atom. The monoisotopic (exact) mass is 553 g/mol. The van der Waals surface area contributed by atoms with Crippen LogP contribution in [0.15, 0.2) is 57.6 Å². The lowest BCUT2D eigenvalue weighted by molar-refractivity contribution is -0.138. The molecule has 1 heterocycles. The molecule has 0 bridgehead atoms. The predicted molar refractivity (Wildman–Crippen MR) is 141 cm³/mol. The third kappa shape index (κ3) is 7.04. The molecule has 6 nitrogen and oxygen atoms in total. The molecule has 184 valence electrons. The topological polar surface area (TPSA) is 85.2 Å². The Morgan fingerprint density at radius 1 is 1.06 bits per heavy atom. The first-order valence-electron chi connectivity index (χ1n) is 10.7. The van der Waals surface area contributed by atoms with Crippen LogP contribution in [0.2, 0.25) is 15.1 Å². The molecule has 35 heavy (non-hydrogen) atoms. The number of thioether (sulfide) groups is 1. The van der Waals surface area contributed by atoms with Gasteiger partial charge in [-0.05, 0) is 54.8 Å². The van der Waals surface area contributed by atoms with Gasteiger partial charge in [0.25, 0.3) is 0 Å². The van der Waals surface area contributed by atoms with Gasteiger partial charge in [0.1, 0.15) is 28.7 Å². The summed E-state index contributed by atoms with van der Waals surface area (Å²) in [5, 5.41) is 12.1. The largest absolute Gasteiger partial charge is 0.506 e. The highest BCUT2D eigenvalue weighted by atomic mass is 35.5. The Bertz CT molecular complexity index is 1240. The summed E-state index contributed by atoms with van der Waals surface area (Å²) >= 11 is 19.4. The summed E-state index contributed by atoms with van der Waals surface area (Å²) in [4.78, 5) is 28.8. The van der Waals surface area contributed by atoms with Crippen molar-refractivity contribution in [3.05, 3.63) is 78.8 Å². The predicted octanol–water partition coefficient (Wildman–Crippen LogP) is 7.41. The molecule has 1 aliphatic heterocycles. The van der Waals surface area contributed by atoms with Gasteiger partial charge in [0, 0.05) is 6.42 Å². The Labute approximate surface area is 222 Å². The molecule has 3 rings (SSSR count). The molecule has 0 saturated carbocycles. The van der Waals surface area contributed by atoms with Crippen LogP contribution in [0.25, 0.3) is 6.08 Å². The molecule has 2 aromatic carbocycles. The number of halogens is 3. The molecule has 1 aliphatic rings. The van der Waals surface area contributed by atoms with E-state index >= 15 is 0 Å². The van der Waals surface area contributed by atoms with Crippen molar-refractivity contribution in [3.63, 3.8) is 0 Å². The zero-order valence-electron chi connectivity index (χ0n) is 18.9. The normalized spacial score (nSPS) is 15.7. The number of aliphatic imine (C=N–C) groups is 1. The van der Waals surface area contributed by atoms with E-state index in [1.165, 1.54) is 0 Å². The van der Waals surface area contributed by atoms with Crippen molar-refractivity contribution in [3.8, 4) is 5.75 Å². The first-order valence-corrected chi connectivity index (χ1v) is 12.7. The number of esters is 1. The van der Waals surface area contributed by atoms with Crippen LogP contribution in [0.4, 0.5) is 0 Å². The van der Waals surface area contributed by atoms with Gasteiger partial charge < -0.3 is 14.6 Å². The van der Waals surface area contributed by atoms with Gasteiger partial charge in [0.2, 0.25) is 5.91 Å². The van der Waals surface area contributed by atoms with E-state index in [1.807, 2.05) is 6.92 Å². The molecule has 1 N–H and O–H groups in total. The molecule has 0 spiro atoms. The third-order valence-corrected chi connectivity index (χ3v) is 6.75. The van der Waals surface area contributed by atoms with Crippen LogP contribution in [0, 0.1) is 0 Å². The highest BCUT2D eigenvalue weighted by molar-refractivity contribution is 8.18. The lowest BCUT2D eigenvalue weighted by atomic mass is 10.1. The van der Waals surface area contributed by atoms with Crippen molar-refractivity contribution in [2.24, 2.45) is 4.99 Å². The number of hydrogen-bond donors (Lipinski definition) is 1. The Morgan fingerprint density at radius 2 is 1.83 bits per heavy atom. The number of hydrogen-bond acceptors (Lipinski definition) is 6. The standard InChI is InChI=1S/C25H22Cl3NO5S/c1-3-5-21(30)29-24-22(25(32)33-4-2)23(31)20(35-24)12-14-7-9-19(18(28)10-14)34-13-15-6-8-16(26)17(27)11-15/h6-12,31H,3-5,13H2,1-2H3/b20-12-,29-24?. The average molecular weight is 555 g/mol. The number of aliphatic hydroxyl groups is 1. The molecule has 0 atom stereocenters. The molecule has 0 unspecified atom stereocenters. The highest BCUT2D eigenvalue weighted by Gasteiger charge is 2.33. The van der Waals surface area contributed by atoms with Crippen LogP contribution < -0.4 is 4.74 Å². The molecule has 2 aromatic rings. The van der Waals surface area contributed by atoms with Gasteiger partial charge in [0.05, 0.1) is 26.6 Å². The van der Waals surface area contributed by atoms with Gasteiger partial charge >= 0.3 is 5.97 Å². The quantitative estimate of drug-likeness (QED) is 0.342. The molecule has 0 saturated heterocycles. The Hall–Kier alpha value is -2.45. The second kappa shape index (κ2) is 12.5. The summed E-state index contributed by atoms with van der Waals surface area (Å²) in [5.41, 5.74) is 1.35. The van der Waals surface area contributed by atoms with Gasteiger partial charge in [-0.25, -0.2) is 9.79 Å². The summed E-state index contributed by atoms with van der Waals surface area (Å²) in [7, 11) is 0. The van der Waals surface area contributed by atoms with Crippen molar-refractivity contribution < 1.29 is 24.2 Å². The maximum absolute atomic E-state index is 12.4. The molecule has 1 amide bonds. The van der Waals surface area contributed by atoms with E-state index in [0.29, 0.717) is 37.7 Å². The number of aliphatic hydroxyl groups excluding tert-OH is 1. The molecule has 0 aromatic heterocycles. The smallest absolute Gasteiger partial charge is 0.344 e. The van der Waals surface area contributed by atoms with Gasteiger partial charge in [0.15, 0.2) is 0 Å². The van der Waals surface area contributed by atoms with E-state index in [2.05, 4.69) is 4.99 Å². The fourth-order valence-electron chi connectivity index (χ4n) is 3.04. The molecular weight excluding hydrogens is 533 g/mol. The van der Waals surface area contributed by atoms with Crippen molar-refractivity contribution >= 4 is 69.6 Å². The van der Waals surface area contributed by atoms with Gasteiger partial charge in [-0.3, -0.25) is 4.79 Å². The number of carbonyl (C=O) groups is 2. The molecular formula is C25H22Cl3NO5S. The summed E-state index contributed by atoms with van der Waals surface area (Å²) in [5.74, 6) is -0.962. The number of nitrogens with zero attached hydrogens (tertiary/aromatic N) is 1. The summed E-state index contributed by atoms with van der Waals surface area (Å²) in [6.45, 7) is 3.87. The summed E-state index contributed by atoms with van der Waals surface area (Å²) < 4.78 is 10.8. The molecule has 0 radical (unpaired) electrons. The van der Waals surface area contributed by atoms with Crippen LogP contribution in [0.3, 0.4) is 0 Å². The summed E-state index contributed by atoms with van der Waals surface area (Å²) in [6, 6.07) is 10.3. The lowest BCUT2D eigenvalue weighted by Gasteiger charge is -2.10. The number of amides is 1. The van der Waals surface area contributed by atoms with Crippen molar-refractivity contribution in [1.82, 2.24) is 0 Å². The zero-order chi connectivity index (χ0) is 25.5. The second-order valence-electron chi connectivity index (χ2n) is 7.34. The minimum absolute atomic E-state index is 0.110. The minimum Gasteiger partial charge on any atom is -0.506 e. The van der Waals surface area contributed by atoms with Crippen LogP contribution in [-0.2, 0) is 20.9 Å². The van der Waals surface area contributed by atoms with Crippen molar-refractivity contribution in [2.75, 3.05) is 6.61 Å². The summed E-state index contributed by atoms with van der Waals surface area (Å²) in [6.07, 6.45) is 2.49. The Balaban J connectivity index is 1.83. The molecule has 0 fully saturated rings. The van der Waals surface area contributed by atoms with E-state index in [9.17, 15) is 14.7 Å². The van der Waals surface area contributed by atoms with Crippen LogP contribution >= 0.6 is 46.6 Å². The van der Waals surface area contributed by atoms with E-state index in [0.717, 1.165) is 17.3 Å². The van der Waals surface area contributed by atoms with Gasteiger partial charge in [-0.15, -0.1) is 0 Å². The fraction of sp³-hybridized carbons (Fsp3) is 0.240. The van der Waals surface area contributed by atoms with E-state index in [1.54, 1.807) is 49.4 Å². The molecule has 0 aliphatic carbocycles. The lowest BCUT2D eigenvalue weighted by Crippen LogP contribution is -2.14. The maximum atomic E-state index is 12.4. The number of carbonyl (C=O) groups excluding carboxylic acids is 2. The van der Waals surface area contributed by atoms with Crippen molar-refractivity contribution in [1.29, 1.82) is 0 Å². The number of benzene rings is 2. The zero-order valence-corrected chi connectivity index (χ0v) is 22.0. The second-order valence-corrected chi connectivity index (χ2v) is 9.59. The first kappa shape index (κ1) is 27.1. The minimum atomic E-state index is -0.743.